The van der Waals surface area contributed by atoms with E-state index in [2.05, 4.69) is 16.8 Å². The summed E-state index contributed by atoms with van der Waals surface area (Å²) in [5.41, 5.74) is 2.08. The van der Waals surface area contributed by atoms with E-state index in [4.69, 9.17) is 23.2 Å². The van der Waals surface area contributed by atoms with Crippen LogP contribution in [0.5, 0.6) is 0 Å². The van der Waals surface area contributed by atoms with Gasteiger partial charge < -0.3 is 4.90 Å². The van der Waals surface area contributed by atoms with Crippen molar-refractivity contribution < 1.29 is 0 Å². The van der Waals surface area contributed by atoms with Crippen LogP contribution >= 0.6 is 23.2 Å². The Labute approximate surface area is 111 Å². The number of halogens is 2. The van der Waals surface area contributed by atoms with E-state index in [1.807, 2.05) is 30.5 Å². The molecule has 0 aliphatic rings. The zero-order valence-corrected chi connectivity index (χ0v) is 11.2. The van der Waals surface area contributed by atoms with Crippen LogP contribution in [0.4, 0.5) is 5.69 Å². The second kappa shape index (κ2) is 5.56. The van der Waals surface area contributed by atoms with Crippen molar-refractivity contribution in [1.29, 1.82) is 0 Å². The molecule has 0 saturated heterocycles. The van der Waals surface area contributed by atoms with Crippen molar-refractivity contribution in [2.24, 2.45) is 0 Å². The zero-order valence-electron chi connectivity index (χ0n) is 9.66. The van der Waals surface area contributed by atoms with Gasteiger partial charge in [-0.25, -0.2) is 0 Å². The SMILES string of the molecule is CCN(CCCl)c1ccnc2cc(Cl)ccc12. The zero-order chi connectivity index (χ0) is 12.3. The molecule has 90 valence electrons. The van der Waals surface area contributed by atoms with Gasteiger partial charge in [-0.1, -0.05) is 11.6 Å². The molecule has 17 heavy (non-hydrogen) atoms. The smallest absolute Gasteiger partial charge is 0.0737 e. The quantitative estimate of drug-likeness (QED) is 0.781. The Kier molecular flexibility index (Phi) is 4.08. The van der Waals surface area contributed by atoms with Crippen molar-refractivity contribution in [3.63, 3.8) is 0 Å². The molecule has 2 rings (SSSR count). The second-order valence-electron chi connectivity index (χ2n) is 3.76. The topological polar surface area (TPSA) is 16.1 Å². The highest BCUT2D eigenvalue weighted by Crippen LogP contribution is 2.27. The van der Waals surface area contributed by atoms with Crippen LogP contribution in [0.3, 0.4) is 0 Å². The number of pyridine rings is 1. The van der Waals surface area contributed by atoms with E-state index >= 15 is 0 Å². The number of alkyl halides is 1. The molecule has 4 heteroatoms. The molecule has 0 aliphatic heterocycles. The molecule has 0 radical (unpaired) electrons. The van der Waals surface area contributed by atoms with Crippen molar-refractivity contribution in [3.05, 3.63) is 35.5 Å². The standard InChI is InChI=1S/C13H14Cl2N2/c1-2-17(8-6-14)13-5-7-16-12-9-10(15)3-4-11(12)13/h3-5,7,9H,2,6,8H2,1H3. The van der Waals surface area contributed by atoms with Crippen LogP contribution in [-0.2, 0) is 0 Å². The molecular weight excluding hydrogens is 255 g/mol. The molecule has 0 aliphatic carbocycles. The van der Waals surface area contributed by atoms with E-state index in [-0.39, 0.29) is 0 Å². The lowest BCUT2D eigenvalue weighted by molar-refractivity contribution is 0.873. The van der Waals surface area contributed by atoms with Gasteiger partial charge in [0, 0.05) is 41.3 Å². The van der Waals surface area contributed by atoms with Crippen LogP contribution in [0.25, 0.3) is 10.9 Å². The highest BCUT2D eigenvalue weighted by Gasteiger charge is 2.08. The molecule has 1 aromatic heterocycles. The molecule has 0 fully saturated rings. The van der Waals surface area contributed by atoms with Gasteiger partial charge in [-0.2, -0.15) is 0 Å². The number of anilines is 1. The maximum absolute atomic E-state index is 5.97. The minimum absolute atomic E-state index is 0.616. The van der Waals surface area contributed by atoms with Crippen LogP contribution in [-0.4, -0.2) is 24.0 Å². The molecule has 0 unspecified atom stereocenters. The number of nitrogens with zero attached hydrogens (tertiary/aromatic N) is 2. The highest BCUT2D eigenvalue weighted by molar-refractivity contribution is 6.31. The lowest BCUT2D eigenvalue weighted by Gasteiger charge is -2.23. The van der Waals surface area contributed by atoms with Crippen molar-refractivity contribution in [1.82, 2.24) is 4.98 Å². The molecule has 0 amide bonds. The van der Waals surface area contributed by atoms with Gasteiger partial charge in [0.05, 0.1) is 5.52 Å². The predicted molar refractivity (Wildman–Crippen MR) is 75.4 cm³/mol. The van der Waals surface area contributed by atoms with Crippen LogP contribution in [0.1, 0.15) is 6.92 Å². The fourth-order valence-electron chi connectivity index (χ4n) is 1.93. The van der Waals surface area contributed by atoms with Gasteiger partial charge in [0.15, 0.2) is 0 Å². The van der Waals surface area contributed by atoms with Crippen molar-refractivity contribution in [2.45, 2.75) is 6.92 Å². The highest BCUT2D eigenvalue weighted by atomic mass is 35.5. The van der Waals surface area contributed by atoms with Gasteiger partial charge in [-0.05, 0) is 31.2 Å². The summed E-state index contributed by atoms with van der Waals surface area (Å²) in [6, 6.07) is 7.81. The number of aromatic nitrogens is 1. The molecule has 0 N–H and O–H groups in total. The first kappa shape index (κ1) is 12.5. The van der Waals surface area contributed by atoms with E-state index in [0.717, 1.165) is 29.7 Å². The molecule has 0 bridgehead atoms. The van der Waals surface area contributed by atoms with Crippen molar-refractivity contribution >= 4 is 39.8 Å². The van der Waals surface area contributed by atoms with Crippen LogP contribution in [0.15, 0.2) is 30.5 Å². The lowest BCUT2D eigenvalue weighted by Crippen LogP contribution is -2.25. The molecule has 0 saturated carbocycles. The maximum Gasteiger partial charge on any atom is 0.0737 e. The summed E-state index contributed by atoms with van der Waals surface area (Å²) in [6.45, 7) is 3.88. The van der Waals surface area contributed by atoms with Gasteiger partial charge in [-0.15, -0.1) is 11.6 Å². The second-order valence-corrected chi connectivity index (χ2v) is 4.57. The Bertz CT molecular complexity index is 514. The predicted octanol–water partition coefficient (Wildman–Crippen LogP) is 3.95. The fourth-order valence-corrected chi connectivity index (χ4v) is 2.30. The van der Waals surface area contributed by atoms with Crippen LogP contribution in [0.2, 0.25) is 5.02 Å². The van der Waals surface area contributed by atoms with E-state index < -0.39 is 0 Å². The summed E-state index contributed by atoms with van der Waals surface area (Å²) in [7, 11) is 0. The van der Waals surface area contributed by atoms with E-state index in [1.165, 1.54) is 0 Å². The summed E-state index contributed by atoms with van der Waals surface area (Å²) in [6.07, 6.45) is 1.81. The lowest BCUT2D eigenvalue weighted by atomic mass is 10.1. The third-order valence-corrected chi connectivity index (χ3v) is 3.16. The molecule has 0 atom stereocenters. The normalized spacial score (nSPS) is 10.8. The van der Waals surface area contributed by atoms with Crippen molar-refractivity contribution in [2.75, 3.05) is 23.9 Å². The van der Waals surface area contributed by atoms with E-state index in [1.54, 1.807) is 0 Å². The number of hydrogen-bond acceptors (Lipinski definition) is 2. The molecule has 2 aromatic rings. The number of fused-ring (bicyclic) bond motifs is 1. The molecular formula is C13H14Cl2N2. The Hall–Kier alpha value is -0.990. The Balaban J connectivity index is 2.53. The fraction of sp³-hybridized carbons (Fsp3) is 0.308. The number of hydrogen-bond donors (Lipinski definition) is 0. The maximum atomic E-state index is 5.97. The summed E-state index contributed by atoms with van der Waals surface area (Å²) in [5.74, 6) is 0.616. The molecule has 1 heterocycles. The molecule has 2 nitrogen and oxygen atoms in total. The number of benzene rings is 1. The summed E-state index contributed by atoms with van der Waals surface area (Å²) < 4.78 is 0. The van der Waals surface area contributed by atoms with Gasteiger partial charge in [0.25, 0.3) is 0 Å². The van der Waals surface area contributed by atoms with Crippen molar-refractivity contribution in [3.8, 4) is 0 Å². The average molecular weight is 269 g/mol. The largest absolute Gasteiger partial charge is 0.370 e. The first-order chi connectivity index (χ1) is 8.26. The molecule has 1 aromatic carbocycles. The third-order valence-electron chi connectivity index (χ3n) is 2.76. The average Bonchev–Trinajstić information content (AvgIpc) is 2.35. The molecule has 0 spiro atoms. The van der Waals surface area contributed by atoms with Gasteiger partial charge >= 0.3 is 0 Å². The minimum Gasteiger partial charge on any atom is -0.370 e. The van der Waals surface area contributed by atoms with E-state index in [9.17, 15) is 0 Å². The van der Waals surface area contributed by atoms with Crippen LogP contribution < -0.4 is 4.90 Å². The van der Waals surface area contributed by atoms with Gasteiger partial charge in [0.1, 0.15) is 0 Å². The third kappa shape index (κ3) is 2.64. The van der Waals surface area contributed by atoms with Gasteiger partial charge in [0.2, 0.25) is 0 Å². The number of rotatable bonds is 4. The summed E-state index contributed by atoms with van der Waals surface area (Å²) in [5, 5.41) is 1.83. The first-order valence-electron chi connectivity index (χ1n) is 5.61. The Morgan fingerprint density at radius 3 is 2.82 bits per heavy atom. The first-order valence-corrected chi connectivity index (χ1v) is 6.52. The minimum atomic E-state index is 0.616. The van der Waals surface area contributed by atoms with Crippen LogP contribution in [0, 0.1) is 0 Å². The van der Waals surface area contributed by atoms with E-state index in [0.29, 0.717) is 10.9 Å². The Morgan fingerprint density at radius 2 is 2.12 bits per heavy atom. The monoisotopic (exact) mass is 268 g/mol. The Morgan fingerprint density at radius 1 is 1.29 bits per heavy atom. The van der Waals surface area contributed by atoms with Gasteiger partial charge in [-0.3, -0.25) is 4.98 Å². The summed E-state index contributed by atoms with van der Waals surface area (Å²) in [4.78, 5) is 6.58. The summed E-state index contributed by atoms with van der Waals surface area (Å²) >= 11 is 11.8.